The minimum atomic E-state index is -0.730. The van der Waals surface area contributed by atoms with E-state index in [1.54, 1.807) is 16.8 Å². The average molecular weight is 403 g/mol. The number of benzene rings is 2. The lowest BCUT2D eigenvalue weighted by Crippen LogP contribution is -2.64. The zero-order chi connectivity index (χ0) is 20.8. The summed E-state index contributed by atoms with van der Waals surface area (Å²) >= 11 is 0. The van der Waals surface area contributed by atoms with Crippen molar-refractivity contribution in [2.45, 2.75) is 43.5 Å². The van der Waals surface area contributed by atoms with Crippen molar-refractivity contribution in [3.63, 3.8) is 0 Å². The topological polar surface area (TPSA) is 79.0 Å². The SMILES string of the molecule is CC(=O)N1c2ccccc2C23CC4NC(=O)C(Cc5ccc(c2c5)OC13)N(C)C4=O. The molecule has 5 aliphatic heterocycles. The highest BCUT2D eigenvalue weighted by Crippen LogP contribution is 2.59. The number of piperazine rings is 1. The van der Waals surface area contributed by atoms with Crippen molar-refractivity contribution in [2.24, 2.45) is 0 Å². The van der Waals surface area contributed by atoms with E-state index in [4.69, 9.17) is 4.74 Å². The highest BCUT2D eigenvalue weighted by molar-refractivity contribution is 5.99. The second kappa shape index (κ2) is 5.62. The van der Waals surface area contributed by atoms with Gasteiger partial charge in [0.2, 0.25) is 17.7 Å². The van der Waals surface area contributed by atoms with Crippen molar-refractivity contribution in [1.82, 2.24) is 10.2 Å². The molecular formula is C23H21N3O4. The molecule has 4 atom stereocenters. The number of carbonyl (C=O) groups is 3. The zero-order valence-corrected chi connectivity index (χ0v) is 16.7. The van der Waals surface area contributed by atoms with Crippen molar-refractivity contribution in [2.75, 3.05) is 11.9 Å². The third-order valence-corrected chi connectivity index (χ3v) is 7.09. The molecule has 2 aromatic carbocycles. The Labute approximate surface area is 173 Å². The maximum atomic E-state index is 13.2. The molecule has 3 amide bonds. The normalized spacial score (nSPS) is 30.5. The van der Waals surface area contributed by atoms with Gasteiger partial charge in [-0.15, -0.1) is 0 Å². The fraction of sp³-hybridized carbons (Fsp3) is 0.348. The molecule has 5 aliphatic rings. The van der Waals surface area contributed by atoms with Crippen LogP contribution in [0.15, 0.2) is 42.5 Å². The van der Waals surface area contributed by atoms with E-state index in [9.17, 15) is 14.4 Å². The van der Waals surface area contributed by atoms with E-state index in [2.05, 4.69) is 11.4 Å². The second-order valence-electron chi connectivity index (χ2n) is 8.61. The lowest BCUT2D eigenvalue weighted by atomic mass is 9.70. The number of hydrogen-bond acceptors (Lipinski definition) is 4. The molecule has 7 rings (SSSR count). The van der Waals surface area contributed by atoms with Gasteiger partial charge in [0.1, 0.15) is 17.8 Å². The van der Waals surface area contributed by atoms with Crippen molar-refractivity contribution < 1.29 is 19.1 Å². The van der Waals surface area contributed by atoms with Gasteiger partial charge >= 0.3 is 0 Å². The van der Waals surface area contributed by atoms with Crippen LogP contribution in [0.4, 0.5) is 5.69 Å². The molecule has 0 radical (unpaired) electrons. The van der Waals surface area contributed by atoms with Gasteiger partial charge in [0, 0.05) is 26.0 Å². The van der Waals surface area contributed by atoms with E-state index in [-0.39, 0.29) is 17.7 Å². The van der Waals surface area contributed by atoms with Crippen molar-refractivity contribution in [1.29, 1.82) is 0 Å². The minimum absolute atomic E-state index is 0.106. The molecule has 30 heavy (non-hydrogen) atoms. The van der Waals surface area contributed by atoms with Crippen LogP contribution in [0.1, 0.15) is 30.0 Å². The van der Waals surface area contributed by atoms with Crippen molar-refractivity contribution in [3.8, 4) is 5.75 Å². The zero-order valence-electron chi connectivity index (χ0n) is 16.7. The summed E-state index contributed by atoms with van der Waals surface area (Å²) in [5.74, 6) is 0.361. The summed E-state index contributed by atoms with van der Waals surface area (Å²) in [5, 5.41) is 2.96. The fourth-order valence-electron chi connectivity index (χ4n) is 5.72. The van der Waals surface area contributed by atoms with E-state index < -0.39 is 23.7 Å². The first-order chi connectivity index (χ1) is 14.4. The van der Waals surface area contributed by atoms with E-state index in [1.807, 2.05) is 36.4 Å². The molecule has 2 aromatic rings. The number of ether oxygens (including phenoxy) is 1. The molecule has 0 aliphatic carbocycles. The van der Waals surface area contributed by atoms with Crippen LogP contribution in [0.3, 0.4) is 0 Å². The summed E-state index contributed by atoms with van der Waals surface area (Å²) in [6.07, 6.45) is 0.175. The van der Waals surface area contributed by atoms with Crippen molar-refractivity contribution in [3.05, 3.63) is 59.2 Å². The second-order valence-corrected chi connectivity index (χ2v) is 8.61. The molecule has 0 saturated carbocycles. The lowest BCUT2D eigenvalue weighted by Gasteiger charge is -2.41. The Morgan fingerprint density at radius 2 is 1.97 bits per heavy atom. The Balaban J connectivity index is 1.66. The number of amides is 3. The van der Waals surface area contributed by atoms with Crippen LogP contribution < -0.4 is 15.0 Å². The van der Waals surface area contributed by atoms with E-state index in [0.29, 0.717) is 12.8 Å². The molecule has 1 N–H and O–H groups in total. The predicted molar refractivity (Wildman–Crippen MR) is 108 cm³/mol. The Morgan fingerprint density at radius 1 is 1.17 bits per heavy atom. The van der Waals surface area contributed by atoms with E-state index >= 15 is 0 Å². The fourth-order valence-corrected chi connectivity index (χ4v) is 5.72. The molecule has 1 spiro atoms. The largest absolute Gasteiger partial charge is 0.468 e. The summed E-state index contributed by atoms with van der Waals surface area (Å²) in [4.78, 5) is 42.0. The van der Waals surface area contributed by atoms with Crippen LogP contribution >= 0.6 is 0 Å². The molecule has 0 aromatic heterocycles. The van der Waals surface area contributed by atoms with Gasteiger partial charge in [-0.3, -0.25) is 19.3 Å². The van der Waals surface area contributed by atoms with Gasteiger partial charge in [-0.05, 0) is 29.7 Å². The van der Waals surface area contributed by atoms with Gasteiger partial charge in [0.25, 0.3) is 0 Å². The maximum absolute atomic E-state index is 13.2. The molecule has 4 bridgehead atoms. The highest BCUT2D eigenvalue weighted by Gasteiger charge is 2.62. The molecule has 4 unspecified atom stereocenters. The molecular weight excluding hydrogens is 382 g/mol. The monoisotopic (exact) mass is 403 g/mol. The standard InChI is InChI=1S/C23H21N3O4/c1-12(27)26-17-6-4-3-5-14(17)23-11-16-21(29)25(2)18(20(28)24-16)10-13-7-8-19(15(23)9-13)30-22(23)26/h3-9,16,18,22H,10-11H2,1-2H3,(H,24,28). The molecule has 1 saturated heterocycles. The van der Waals surface area contributed by atoms with Crippen LogP contribution in [-0.4, -0.2) is 48.0 Å². The first-order valence-corrected chi connectivity index (χ1v) is 10.2. The number of anilines is 1. The third kappa shape index (κ3) is 1.97. The number of hydrogen-bond donors (Lipinski definition) is 1. The van der Waals surface area contributed by atoms with Crippen LogP contribution in [0.25, 0.3) is 0 Å². The highest BCUT2D eigenvalue weighted by atomic mass is 16.5. The van der Waals surface area contributed by atoms with Gasteiger partial charge in [0.05, 0.1) is 11.1 Å². The lowest BCUT2D eigenvalue weighted by molar-refractivity contribution is -0.148. The number of nitrogens with zero attached hydrogens (tertiary/aromatic N) is 2. The summed E-state index contributed by atoms with van der Waals surface area (Å²) < 4.78 is 6.37. The van der Waals surface area contributed by atoms with E-state index in [1.165, 1.54) is 6.92 Å². The molecule has 1 fully saturated rings. The maximum Gasteiger partial charge on any atom is 0.245 e. The first-order valence-electron chi connectivity index (χ1n) is 10.2. The smallest absolute Gasteiger partial charge is 0.245 e. The number of rotatable bonds is 0. The third-order valence-electron chi connectivity index (χ3n) is 7.09. The van der Waals surface area contributed by atoms with Crippen LogP contribution in [0, 0.1) is 0 Å². The Kier molecular flexibility index (Phi) is 3.28. The van der Waals surface area contributed by atoms with Gasteiger partial charge in [-0.1, -0.05) is 30.3 Å². The molecule has 7 heteroatoms. The van der Waals surface area contributed by atoms with Gasteiger partial charge in [-0.25, -0.2) is 0 Å². The Morgan fingerprint density at radius 3 is 2.77 bits per heavy atom. The van der Waals surface area contributed by atoms with Crippen LogP contribution in [0.2, 0.25) is 0 Å². The van der Waals surface area contributed by atoms with E-state index in [0.717, 1.165) is 28.1 Å². The number of fused-ring (bicyclic) bond motifs is 3. The molecule has 7 nitrogen and oxygen atoms in total. The summed E-state index contributed by atoms with van der Waals surface area (Å²) in [6, 6.07) is 12.5. The Hall–Kier alpha value is -3.35. The van der Waals surface area contributed by atoms with Crippen LogP contribution in [0.5, 0.6) is 5.75 Å². The summed E-state index contributed by atoms with van der Waals surface area (Å²) in [7, 11) is 1.69. The Bertz CT molecular complexity index is 1150. The average Bonchev–Trinajstić information content (AvgIpc) is 3.18. The number of para-hydroxylation sites is 1. The van der Waals surface area contributed by atoms with Crippen molar-refractivity contribution >= 4 is 23.4 Å². The van der Waals surface area contributed by atoms with Crippen LogP contribution in [-0.2, 0) is 26.2 Å². The first kappa shape index (κ1) is 17.5. The quantitative estimate of drug-likeness (QED) is 0.720. The molecule has 152 valence electrons. The summed E-state index contributed by atoms with van der Waals surface area (Å²) in [6.45, 7) is 1.53. The summed E-state index contributed by atoms with van der Waals surface area (Å²) in [5.41, 5.74) is 2.97. The predicted octanol–water partition coefficient (Wildman–Crippen LogP) is 1.33. The minimum Gasteiger partial charge on any atom is -0.468 e. The van der Waals surface area contributed by atoms with Gasteiger partial charge in [0.15, 0.2) is 6.23 Å². The molecule has 5 heterocycles. The number of carbonyl (C=O) groups excluding carboxylic acids is 3. The van der Waals surface area contributed by atoms with Gasteiger partial charge < -0.3 is 15.0 Å². The number of likely N-dealkylation sites (N-methyl/N-ethyl adjacent to an activating group) is 1. The number of nitrogens with one attached hydrogen (secondary N) is 1. The van der Waals surface area contributed by atoms with Gasteiger partial charge in [-0.2, -0.15) is 0 Å².